The van der Waals surface area contributed by atoms with Gasteiger partial charge in [-0.15, -0.1) is 13.2 Å². The van der Waals surface area contributed by atoms with Crippen LogP contribution in [0.3, 0.4) is 0 Å². The van der Waals surface area contributed by atoms with Crippen molar-refractivity contribution >= 4 is 39.9 Å². The van der Waals surface area contributed by atoms with Gasteiger partial charge in [0.15, 0.2) is 0 Å². The van der Waals surface area contributed by atoms with Gasteiger partial charge >= 0.3 is 6.36 Å². The largest absolute Gasteiger partial charge is 0.573 e. The van der Waals surface area contributed by atoms with Crippen LogP contribution in [0.15, 0.2) is 65.7 Å². The molecule has 3 aromatic carbocycles. The van der Waals surface area contributed by atoms with E-state index in [1.807, 2.05) is 40.4 Å². The van der Waals surface area contributed by atoms with Crippen molar-refractivity contribution < 1.29 is 23.0 Å². The van der Waals surface area contributed by atoms with E-state index in [0.717, 1.165) is 22.2 Å². The highest BCUT2D eigenvalue weighted by molar-refractivity contribution is 6.42. The van der Waals surface area contributed by atoms with Crippen molar-refractivity contribution in [2.24, 2.45) is 12.0 Å². The van der Waals surface area contributed by atoms with Crippen LogP contribution in [0.2, 0.25) is 10.0 Å². The third-order valence-corrected chi connectivity index (χ3v) is 5.78. The molecule has 10 heteroatoms. The van der Waals surface area contributed by atoms with Crippen LogP contribution in [-0.4, -0.2) is 20.6 Å². The minimum Gasteiger partial charge on any atom is -0.406 e. The predicted octanol–water partition coefficient (Wildman–Crippen LogP) is 5.96. The summed E-state index contributed by atoms with van der Waals surface area (Å²) in [6.45, 7) is 0.388. The zero-order valence-corrected chi connectivity index (χ0v) is 18.8. The second-order valence-electron chi connectivity index (χ2n) is 7.33. The zero-order chi connectivity index (χ0) is 23.8. The number of alkyl halides is 3. The number of aliphatic hydroxyl groups excluding tert-OH is 1. The van der Waals surface area contributed by atoms with Crippen LogP contribution in [0, 0.1) is 0 Å². The summed E-state index contributed by atoms with van der Waals surface area (Å²) in [5.41, 5.74) is 4.31. The van der Waals surface area contributed by atoms with Crippen LogP contribution in [0.25, 0.3) is 11.0 Å². The Morgan fingerprint density at radius 2 is 1.48 bits per heavy atom. The smallest absolute Gasteiger partial charge is 0.406 e. The third-order valence-electron chi connectivity index (χ3n) is 5.06. The topological polar surface area (TPSA) is 51.7 Å². The first-order valence-corrected chi connectivity index (χ1v) is 10.5. The van der Waals surface area contributed by atoms with Crippen molar-refractivity contribution in [2.45, 2.75) is 19.5 Å². The van der Waals surface area contributed by atoms with Gasteiger partial charge in [0, 0.05) is 7.05 Å². The van der Waals surface area contributed by atoms with E-state index in [4.69, 9.17) is 23.2 Å². The molecular formula is C23H18Cl2F3N3O2. The number of benzene rings is 3. The van der Waals surface area contributed by atoms with E-state index in [1.165, 1.54) is 24.3 Å². The summed E-state index contributed by atoms with van der Waals surface area (Å²) in [4.78, 5) is 4.67. The Labute approximate surface area is 196 Å². The molecule has 0 aliphatic rings. The van der Waals surface area contributed by atoms with E-state index in [-0.39, 0.29) is 12.4 Å². The molecule has 4 rings (SSSR count). The molecule has 1 N–H and O–H groups in total. The van der Waals surface area contributed by atoms with Crippen molar-refractivity contribution in [1.82, 2.24) is 9.13 Å². The number of aromatic nitrogens is 2. The minimum atomic E-state index is -4.76. The van der Waals surface area contributed by atoms with Gasteiger partial charge in [-0.3, -0.25) is 0 Å². The second kappa shape index (κ2) is 9.13. The van der Waals surface area contributed by atoms with Crippen molar-refractivity contribution in [1.29, 1.82) is 0 Å². The first-order valence-electron chi connectivity index (χ1n) is 9.78. The molecule has 0 amide bonds. The highest BCUT2D eigenvalue weighted by atomic mass is 35.5. The molecule has 0 bridgehead atoms. The summed E-state index contributed by atoms with van der Waals surface area (Å²) in [5.74, 6) is -0.325. The van der Waals surface area contributed by atoms with E-state index in [0.29, 0.717) is 27.9 Å². The number of halogens is 5. The average Bonchev–Trinajstić information content (AvgIpc) is 3.00. The monoisotopic (exact) mass is 495 g/mol. The van der Waals surface area contributed by atoms with Gasteiger partial charge in [-0.1, -0.05) is 47.5 Å². The Morgan fingerprint density at radius 1 is 0.909 bits per heavy atom. The molecule has 1 heterocycles. The number of imidazole rings is 1. The number of rotatable bonds is 5. The number of ether oxygens (including phenoxy) is 1. The lowest BCUT2D eigenvalue weighted by Crippen LogP contribution is -2.24. The number of hydrogen-bond acceptors (Lipinski definition) is 3. The van der Waals surface area contributed by atoms with Gasteiger partial charge in [0.1, 0.15) is 5.75 Å². The molecule has 0 saturated carbocycles. The Bertz CT molecular complexity index is 1360. The molecule has 4 aromatic rings. The minimum absolute atomic E-state index is 0.0512. The van der Waals surface area contributed by atoms with Gasteiger partial charge in [-0.2, -0.15) is 0 Å². The molecule has 33 heavy (non-hydrogen) atoms. The zero-order valence-electron chi connectivity index (χ0n) is 17.3. The summed E-state index contributed by atoms with van der Waals surface area (Å²) in [6.07, 6.45) is -4.76. The first-order chi connectivity index (χ1) is 15.6. The summed E-state index contributed by atoms with van der Waals surface area (Å²) in [6, 6.07) is 16.3. The maximum absolute atomic E-state index is 12.4. The van der Waals surface area contributed by atoms with Crippen LogP contribution in [0.4, 0.5) is 18.9 Å². The molecule has 0 aliphatic heterocycles. The molecule has 0 aliphatic carbocycles. The summed E-state index contributed by atoms with van der Waals surface area (Å²) < 4.78 is 45.0. The van der Waals surface area contributed by atoms with Gasteiger partial charge in [0.05, 0.1) is 39.9 Å². The molecule has 5 nitrogen and oxygen atoms in total. The second-order valence-corrected chi connectivity index (χ2v) is 8.14. The fourth-order valence-corrected chi connectivity index (χ4v) is 3.78. The number of nitrogens with zero attached hydrogens (tertiary/aromatic N) is 3. The highest BCUT2D eigenvalue weighted by Crippen LogP contribution is 2.28. The van der Waals surface area contributed by atoms with Crippen molar-refractivity contribution in [2.75, 3.05) is 0 Å². The molecule has 0 radical (unpaired) electrons. The van der Waals surface area contributed by atoms with Crippen LogP contribution in [0.1, 0.15) is 11.1 Å². The lowest BCUT2D eigenvalue weighted by molar-refractivity contribution is -0.274. The van der Waals surface area contributed by atoms with Gasteiger partial charge in [0.2, 0.25) is 5.62 Å². The Balaban J connectivity index is 1.84. The van der Waals surface area contributed by atoms with E-state index < -0.39 is 6.36 Å². The number of fused-ring (bicyclic) bond motifs is 1. The van der Waals surface area contributed by atoms with Crippen LogP contribution in [0.5, 0.6) is 5.75 Å². The van der Waals surface area contributed by atoms with Crippen molar-refractivity contribution in [3.8, 4) is 5.75 Å². The fraction of sp³-hybridized carbons (Fsp3) is 0.174. The Morgan fingerprint density at radius 3 is 2.06 bits per heavy atom. The quantitative estimate of drug-likeness (QED) is 0.371. The maximum Gasteiger partial charge on any atom is 0.573 e. The van der Waals surface area contributed by atoms with Crippen LogP contribution >= 0.6 is 23.2 Å². The average molecular weight is 496 g/mol. The normalized spacial score (nSPS) is 12.5. The SMILES string of the molecule is Cn1/c(=N\c2ccc(OC(F)(F)F)cc2)n(Cc2ccc(CO)cc2)c2cc(Cl)c(Cl)cc21. The molecule has 0 fully saturated rings. The maximum atomic E-state index is 12.4. The molecular weight excluding hydrogens is 478 g/mol. The van der Waals surface area contributed by atoms with E-state index in [1.54, 1.807) is 12.1 Å². The van der Waals surface area contributed by atoms with Crippen LogP contribution in [-0.2, 0) is 20.2 Å². The lowest BCUT2D eigenvalue weighted by atomic mass is 10.1. The van der Waals surface area contributed by atoms with Gasteiger partial charge in [-0.25, -0.2) is 4.99 Å². The van der Waals surface area contributed by atoms with E-state index >= 15 is 0 Å². The lowest BCUT2D eigenvalue weighted by Gasteiger charge is -2.09. The molecule has 0 spiro atoms. The molecule has 1 aromatic heterocycles. The van der Waals surface area contributed by atoms with Crippen LogP contribution < -0.4 is 10.4 Å². The summed E-state index contributed by atoms with van der Waals surface area (Å²) in [7, 11) is 1.82. The number of aryl methyl sites for hydroxylation is 1. The third kappa shape index (κ3) is 5.19. The van der Waals surface area contributed by atoms with E-state index in [2.05, 4.69) is 9.73 Å². The number of aliphatic hydroxyl groups is 1. The molecule has 0 saturated heterocycles. The summed E-state index contributed by atoms with van der Waals surface area (Å²) >= 11 is 12.5. The van der Waals surface area contributed by atoms with Crippen molar-refractivity contribution in [3.05, 3.63) is 87.5 Å². The molecule has 172 valence electrons. The molecule has 0 atom stereocenters. The van der Waals surface area contributed by atoms with Gasteiger partial charge in [0.25, 0.3) is 0 Å². The van der Waals surface area contributed by atoms with Gasteiger partial charge < -0.3 is 19.0 Å². The van der Waals surface area contributed by atoms with Crippen molar-refractivity contribution in [3.63, 3.8) is 0 Å². The Hall–Kier alpha value is -2.94. The Kier molecular flexibility index (Phi) is 6.43. The predicted molar refractivity (Wildman–Crippen MR) is 121 cm³/mol. The molecule has 0 unspecified atom stereocenters. The first kappa shape index (κ1) is 23.2. The van der Waals surface area contributed by atoms with E-state index in [9.17, 15) is 18.3 Å². The highest BCUT2D eigenvalue weighted by Gasteiger charge is 2.30. The van der Waals surface area contributed by atoms with Gasteiger partial charge in [-0.05, 0) is 47.5 Å². The number of hydrogen-bond donors (Lipinski definition) is 1. The standard InChI is InChI=1S/C23H18Cl2F3N3O2/c1-30-20-10-18(24)19(25)11-21(20)31(12-14-2-4-15(13-32)5-3-14)22(30)29-16-6-8-17(9-7-16)33-23(26,27)28/h2-11,32H,12-13H2,1H3/b29-22+. The summed E-state index contributed by atoms with van der Waals surface area (Å²) in [5, 5.41) is 10.1. The fourth-order valence-electron chi connectivity index (χ4n) is 3.47.